The molecular weight excluding hydrogens is 359 g/mol. The molecule has 0 atom stereocenters. The van der Waals surface area contributed by atoms with Crippen molar-refractivity contribution in [1.29, 1.82) is 0 Å². The summed E-state index contributed by atoms with van der Waals surface area (Å²) >= 11 is 0. The maximum Gasteiger partial charge on any atom is 0.338 e. The molecule has 11 nitrogen and oxygen atoms in total. The van der Waals surface area contributed by atoms with E-state index in [-0.39, 0.29) is 0 Å². The van der Waals surface area contributed by atoms with Gasteiger partial charge in [0.2, 0.25) is 0 Å². The van der Waals surface area contributed by atoms with Crippen LogP contribution in [0.3, 0.4) is 0 Å². The molecule has 0 saturated carbocycles. The van der Waals surface area contributed by atoms with E-state index in [1.165, 1.54) is 0 Å². The predicted molar refractivity (Wildman–Crippen MR) is 80.3 cm³/mol. The summed E-state index contributed by atoms with van der Waals surface area (Å²) < 4.78 is 18.0. The number of nitro groups is 2. The Morgan fingerprint density at radius 1 is 1.00 bits per heavy atom. The standard InChI is InChI=1S/C14H9FN2O9/c15-7-3-9(16(22)23)8(10(4-7)17(24)25)5-26-14(21)6-1-11(18)13(20)12(19)2-6/h1-4,18-20H,5H2. The third-order valence-corrected chi connectivity index (χ3v) is 3.21. The number of halogens is 1. The fraction of sp³-hybridized carbons (Fsp3) is 0.0714. The van der Waals surface area contributed by atoms with E-state index in [1.54, 1.807) is 0 Å². The van der Waals surface area contributed by atoms with Gasteiger partial charge in [0.15, 0.2) is 17.2 Å². The Labute approximate surface area is 142 Å². The van der Waals surface area contributed by atoms with Crippen molar-refractivity contribution in [2.24, 2.45) is 0 Å². The third-order valence-electron chi connectivity index (χ3n) is 3.21. The van der Waals surface area contributed by atoms with Gasteiger partial charge in [-0.3, -0.25) is 20.2 Å². The molecule has 0 heterocycles. The van der Waals surface area contributed by atoms with Crippen molar-refractivity contribution in [3.05, 3.63) is 61.4 Å². The first-order valence-electron chi connectivity index (χ1n) is 6.65. The highest BCUT2D eigenvalue weighted by Crippen LogP contribution is 2.36. The molecule has 2 aromatic rings. The molecule has 0 spiro atoms. The molecule has 2 aromatic carbocycles. The molecule has 0 saturated heterocycles. The van der Waals surface area contributed by atoms with Crippen LogP contribution in [0.2, 0.25) is 0 Å². The molecule has 26 heavy (non-hydrogen) atoms. The molecule has 0 aliphatic heterocycles. The van der Waals surface area contributed by atoms with Gasteiger partial charge in [0.05, 0.1) is 27.5 Å². The normalized spacial score (nSPS) is 10.3. The second-order valence-corrected chi connectivity index (χ2v) is 4.88. The predicted octanol–water partition coefficient (Wildman–Crippen LogP) is 2.12. The van der Waals surface area contributed by atoms with E-state index in [2.05, 4.69) is 0 Å². The number of rotatable bonds is 5. The highest BCUT2D eigenvalue weighted by molar-refractivity contribution is 5.91. The number of carbonyl (C=O) groups is 1. The van der Waals surface area contributed by atoms with Crippen LogP contribution < -0.4 is 0 Å². The van der Waals surface area contributed by atoms with Gasteiger partial charge in [0, 0.05) is 0 Å². The van der Waals surface area contributed by atoms with Gasteiger partial charge in [-0.25, -0.2) is 9.18 Å². The molecular formula is C14H9FN2O9. The van der Waals surface area contributed by atoms with E-state index in [9.17, 15) is 44.7 Å². The first-order chi connectivity index (χ1) is 12.1. The summed E-state index contributed by atoms with van der Waals surface area (Å²) in [5, 5.41) is 49.8. The summed E-state index contributed by atoms with van der Waals surface area (Å²) in [6.07, 6.45) is 0. The van der Waals surface area contributed by atoms with E-state index in [4.69, 9.17) is 4.74 Å². The molecule has 0 bridgehead atoms. The Morgan fingerprint density at radius 2 is 1.46 bits per heavy atom. The summed E-state index contributed by atoms with van der Waals surface area (Å²) in [5.41, 5.74) is -3.01. The lowest BCUT2D eigenvalue weighted by Crippen LogP contribution is -2.09. The van der Waals surface area contributed by atoms with Gasteiger partial charge in [0.1, 0.15) is 18.0 Å². The summed E-state index contributed by atoms with van der Waals surface area (Å²) in [4.78, 5) is 31.7. The van der Waals surface area contributed by atoms with Crippen molar-refractivity contribution < 1.29 is 39.1 Å². The number of nitro benzene ring substituents is 2. The van der Waals surface area contributed by atoms with Crippen molar-refractivity contribution in [1.82, 2.24) is 0 Å². The lowest BCUT2D eigenvalue weighted by molar-refractivity contribution is -0.396. The number of hydrogen-bond donors (Lipinski definition) is 3. The fourth-order valence-electron chi connectivity index (χ4n) is 2.03. The maximum atomic E-state index is 13.3. The lowest BCUT2D eigenvalue weighted by Gasteiger charge is -2.08. The first kappa shape index (κ1) is 18.4. The summed E-state index contributed by atoms with van der Waals surface area (Å²) in [6, 6.07) is 2.36. The molecule has 136 valence electrons. The Kier molecular flexibility index (Phi) is 4.86. The zero-order valence-corrected chi connectivity index (χ0v) is 12.6. The van der Waals surface area contributed by atoms with Gasteiger partial charge in [0.25, 0.3) is 11.4 Å². The van der Waals surface area contributed by atoms with Crippen LogP contribution >= 0.6 is 0 Å². The Hall–Kier alpha value is -3.96. The number of nitrogens with zero attached hydrogens (tertiary/aromatic N) is 2. The number of phenolic OH excluding ortho intramolecular Hbond substituents is 3. The highest BCUT2D eigenvalue weighted by atomic mass is 19.1. The maximum absolute atomic E-state index is 13.3. The van der Waals surface area contributed by atoms with Crippen molar-refractivity contribution in [2.45, 2.75) is 6.61 Å². The largest absolute Gasteiger partial charge is 0.504 e. The zero-order valence-electron chi connectivity index (χ0n) is 12.6. The van der Waals surface area contributed by atoms with E-state index in [0.717, 1.165) is 12.1 Å². The van der Waals surface area contributed by atoms with E-state index in [0.29, 0.717) is 12.1 Å². The summed E-state index contributed by atoms with van der Waals surface area (Å²) in [6.45, 7) is -0.950. The molecule has 0 aromatic heterocycles. The lowest BCUT2D eigenvalue weighted by atomic mass is 10.1. The Morgan fingerprint density at radius 3 is 1.88 bits per heavy atom. The summed E-state index contributed by atoms with van der Waals surface area (Å²) in [5.74, 6) is -4.99. The quantitative estimate of drug-likeness (QED) is 0.309. The van der Waals surface area contributed by atoms with Crippen molar-refractivity contribution in [3.8, 4) is 17.2 Å². The van der Waals surface area contributed by atoms with Gasteiger partial charge in [-0.2, -0.15) is 0 Å². The Balaban J connectivity index is 2.36. The molecule has 0 radical (unpaired) electrons. The smallest absolute Gasteiger partial charge is 0.338 e. The van der Waals surface area contributed by atoms with Gasteiger partial charge in [-0.1, -0.05) is 0 Å². The van der Waals surface area contributed by atoms with E-state index < -0.39 is 68.0 Å². The van der Waals surface area contributed by atoms with Crippen LogP contribution in [0.4, 0.5) is 15.8 Å². The molecule has 3 N–H and O–H groups in total. The summed E-state index contributed by atoms with van der Waals surface area (Å²) in [7, 11) is 0. The molecule has 12 heteroatoms. The number of esters is 1. The first-order valence-corrected chi connectivity index (χ1v) is 6.65. The number of aromatic hydroxyl groups is 3. The average molecular weight is 368 g/mol. The minimum atomic E-state index is -1.22. The van der Waals surface area contributed by atoms with Crippen LogP contribution in [-0.4, -0.2) is 31.1 Å². The van der Waals surface area contributed by atoms with Gasteiger partial charge < -0.3 is 20.1 Å². The van der Waals surface area contributed by atoms with Crippen molar-refractivity contribution >= 4 is 17.3 Å². The van der Waals surface area contributed by atoms with Crippen LogP contribution in [0, 0.1) is 26.0 Å². The SMILES string of the molecule is O=C(OCc1c([N+](=O)[O-])cc(F)cc1[N+](=O)[O-])c1cc(O)c(O)c(O)c1. The van der Waals surface area contributed by atoms with Crippen LogP contribution in [0.25, 0.3) is 0 Å². The molecule has 0 fully saturated rings. The van der Waals surface area contributed by atoms with Crippen LogP contribution in [0.1, 0.15) is 15.9 Å². The number of phenols is 3. The number of carbonyl (C=O) groups excluding carboxylic acids is 1. The molecule has 0 aliphatic rings. The second kappa shape index (κ2) is 6.88. The monoisotopic (exact) mass is 368 g/mol. The molecule has 0 aliphatic carbocycles. The molecule has 0 amide bonds. The highest BCUT2D eigenvalue weighted by Gasteiger charge is 2.28. The zero-order chi connectivity index (χ0) is 19.6. The van der Waals surface area contributed by atoms with E-state index >= 15 is 0 Å². The number of hydrogen-bond acceptors (Lipinski definition) is 9. The fourth-order valence-corrected chi connectivity index (χ4v) is 2.03. The van der Waals surface area contributed by atoms with Crippen LogP contribution in [0.5, 0.6) is 17.2 Å². The molecule has 0 unspecified atom stereocenters. The van der Waals surface area contributed by atoms with E-state index in [1.807, 2.05) is 0 Å². The second-order valence-electron chi connectivity index (χ2n) is 4.88. The molecule has 2 rings (SSSR count). The van der Waals surface area contributed by atoms with Crippen LogP contribution in [0.15, 0.2) is 24.3 Å². The number of ether oxygens (including phenoxy) is 1. The minimum absolute atomic E-state index is 0.439. The van der Waals surface area contributed by atoms with Gasteiger partial charge in [-0.15, -0.1) is 0 Å². The van der Waals surface area contributed by atoms with Gasteiger partial charge in [-0.05, 0) is 12.1 Å². The Bertz CT molecular complexity index is 871. The minimum Gasteiger partial charge on any atom is -0.504 e. The van der Waals surface area contributed by atoms with Gasteiger partial charge >= 0.3 is 5.97 Å². The van der Waals surface area contributed by atoms with Crippen LogP contribution in [-0.2, 0) is 11.3 Å². The van der Waals surface area contributed by atoms with Crippen molar-refractivity contribution in [3.63, 3.8) is 0 Å². The topological polar surface area (TPSA) is 173 Å². The third kappa shape index (κ3) is 3.58. The van der Waals surface area contributed by atoms with Crippen molar-refractivity contribution in [2.75, 3.05) is 0 Å². The number of benzene rings is 2. The average Bonchev–Trinajstić information content (AvgIpc) is 2.56.